The SMILES string of the molecule is Cc1cc(Cc2nc(Cc3ccc(N=Nc4ccccc4)cc3)nc(N(C)CC(=O)O)n2)c(OCCCS(=O)(=O)O)cc1N=Nc1ccc(C(=O)O)cc1. The Bertz CT molecular complexity index is 2270. The van der Waals surface area contributed by atoms with Crippen molar-refractivity contribution in [3.63, 3.8) is 0 Å². The quantitative estimate of drug-likeness (QED) is 0.0492. The van der Waals surface area contributed by atoms with Crippen LogP contribution in [0.4, 0.5) is 28.7 Å². The number of ether oxygens (including phenoxy) is 1. The van der Waals surface area contributed by atoms with Crippen molar-refractivity contribution in [2.24, 2.45) is 20.5 Å². The minimum absolute atomic E-state index is 0.00534. The van der Waals surface area contributed by atoms with Crippen LogP contribution in [0.15, 0.2) is 111 Å². The fourth-order valence-corrected chi connectivity index (χ4v) is 5.51. The Kier molecular flexibility index (Phi) is 12.8. The van der Waals surface area contributed by atoms with Crippen molar-refractivity contribution in [1.82, 2.24) is 15.0 Å². The van der Waals surface area contributed by atoms with Crippen molar-refractivity contribution in [2.45, 2.75) is 26.2 Å². The maximum absolute atomic E-state index is 11.6. The summed E-state index contributed by atoms with van der Waals surface area (Å²) < 4.78 is 37.8. The van der Waals surface area contributed by atoms with Gasteiger partial charge in [0.2, 0.25) is 5.95 Å². The highest BCUT2D eigenvalue weighted by molar-refractivity contribution is 7.85. The zero-order valence-electron chi connectivity index (χ0n) is 29.3. The van der Waals surface area contributed by atoms with E-state index in [0.29, 0.717) is 52.0 Å². The molecule has 5 aromatic rings. The van der Waals surface area contributed by atoms with Gasteiger partial charge in [-0.2, -0.15) is 38.8 Å². The average Bonchev–Trinajstić information content (AvgIpc) is 3.13. The first kappa shape index (κ1) is 38.8. The highest BCUT2D eigenvalue weighted by Gasteiger charge is 2.17. The van der Waals surface area contributed by atoms with Gasteiger partial charge in [-0.3, -0.25) is 9.35 Å². The smallest absolute Gasteiger partial charge is 0.335 e. The number of hydrogen-bond donors (Lipinski definition) is 3. The van der Waals surface area contributed by atoms with Gasteiger partial charge in [-0.25, -0.2) is 9.78 Å². The minimum atomic E-state index is -4.20. The molecule has 0 amide bonds. The van der Waals surface area contributed by atoms with Crippen molar-refractivity contribution in [3.8, 4) is 5.75 Å². The van der Waals surface area contributed by atoms with Crippen LogP contribution >= 0.6 is 0 Å². The summed E-state index contributed by atoms with van der Waals surface area (Å²) in [5.41, 5.74) is 4.50. The highest BCUT2D eigenvalue weighted by atomic mass is 32.2. The third-order valence-electron chi connectivity index (χ3n) is 7.69. The molecule has 0 aliphatic heterocycles. The molecule has 16 nitrogen and oxygen atoms in total. The monoisotopic (exact) mass is 752 g/mol. The van der Waals surface area contributed by atoms with Gasteiger partial charge in [0.1, 0.15) is 23.9 Å². The van der Waals surface area contributed by atoms with E-state index in [4.69, 9.17) is 9.72 Å². The standard InChI is InChI=1S/C37H36N8O8S/c1-24-19-27(32(53-17-6-18-54(50,51)52)22-31(24)44-43-30-15-11-26(12-16-30)36(48)49)21-34-38-33(39-37(40-34)45(2)23-35(46)47)20-25-9-13-29(14-10-25)42-41-28-7-4-3-5-8-28/h3-5,7-16,19,22H,6,17-18,20-21,23H2,1-2H3,(H,46,47)(H,48,49)(H,50,51,52). The number of aromatic carboxylic acids is 1. The lowest BCUT2D eigenvalue weighted by Gasteiger charge is -2.17. The van der Waals surface area contributed by atoms with Crippen molar-refractivity contribution >= 4 is 50.8 Å². The maximum Gasteiger partial charge on any atom is 0.335 e. The summed E-state index contributed by atoms with van der Waals surface area (Å²) in [6, 6.07) is 26.0. The summed E-state index contributed by atoms with van der Waals surface area (Å²) in [5, 5.41) is 35.7. The van der Waals surface area contributed by atoms with Crippen molar-refractivity contribution in [2.75, 3.05) is 30.9 Å². The van der Waals surface area contributed by atoms with Gasteiger partial charge < -0.3 is 19.8 Å². The molecule has 17 heteroatoms. The molecule has 3 N–H and O–H groups in total. The Hall–Kier alpha value is -6.46. The molecule has 0 bridgehead atoms. The molecule has 0 radical (unpaired) electrons. The minimum Gasteiger partial charge on any atom is -0.493 e. The first-order valence-electron chi connectivity index (χ1n) is 16.5. The van der Waals surface area contributed by atoms with Crippen molar-refractivity contribution in [1.29, 1.82) is 0 Å². The molecule has 278 valence electrons. The first-order chi connectivity index (χ1) is 25.8. The summed E-state index contributed by atoms with van der Waals surface area (Å²) in [5.74, 6) is -1.46. The molecule has 1 heterocycles. The Morgan fingerprint density at radius 3 is 1.98 bits per heavy atom. The third-order valence-corrected chi connectivity index (χ3v) is 8.49. The molecule has 0 saturated carbocycles. The van der Waals surface area contributed by atoms with Crippen LogP contribution in [0.25, 0.3) is 0 Å². The van der Waals surface area contributed by atoms with Gasteiger partial charge >= 0.3 is 11.9 Å². The normalized spacial score (nSPS) is 11.6. The number of azo groups is 2. The molecular formula is C37H36N8O8S. The van der Waals surface area contributed by atoms with E-state index < -0.39 is 27.8 Å². The maximum atomic E-state index is 11.6. The predicted octanol–water partition coefficient (Wildman–Crippen LogP) is 7.07. The molecule has 0 fully saturated rings. The fourth-order valence-electron chi connectivity index (χ4n) is 5.02. The van der Waals surface area contributed by atoms with E-state index in [1.165, 1.54) is 29.2 Å². The van der Waals surface area contributed by atoms with E-state index in [1.54, 1.807) is 19.2 Å². The van der Waals surface area contributed by atoms with E-state index in [9.17, 15) is 32.8 Å². The molecular weight excluding hydrogens is 717 g/mol. The fraction of sp³-hybridized carbons (Fsp3) is 0.216. The van der Waals surface area contributed by atoms with Gasteiger partial charge in [0.05, 0.1) is 40.7 Å². The number of rotatable bonds is 17. The van der Waals surface area contributed by atoms with E-state index in [1.807, 2.05) is 61.5 Å². The molecule has 1 aromatic heterocycles. The van der Waals surface area contributed by atoms with E-state index in [-0.39, 0.29) is 37.5 Å². The van der Waals surface area contributed by atoms with Gasteiger partial charge in [0.15, 0.2) is 0 Å². The van der Waals surface area contributed by atoms with E-state index in [0.717, 1.165) is 11.3 Å². The van der Waals surface area contributed by atoms with E-state index >= 15 is 0 Å². The molecule has 0 saturated heterocycles. The van der Waals surface area contributed by atoms with Crippen LogP contribution in [0.2, 0.25) is 0 Å². The molecule has 0 unspecified atom stereocenters. The largest absolute Gasteiger partial charge is 0.493 e. The third kappa shape index (κ3) is 11.8. The average molecular weight is 753 g/mol. The number of carboxylic acid groups (broad SMARTS) is 2. The number of carboxylic acids is 2. The number of benzene rings is 4. The summed E-state index contributed by atoms with van der Waals surface area (Å²) in [6.07, 6.45) is 0.417. The van der Waals surface area contributed by atoms with Gasteiger partial charge in [0, 0.05) is 31.5 Å². The number of hydrogen-bond acceptors (Lipinski definition) is 13. The summed E-state index contributed by atoms with van der Waals surface area (Å²) in [7, 11) is -2.64. The lowest BCUT2D eigenvalue weighted by Crippen LogP contribution is -2.28. The number of nitrogens with zero attached hydrogens (tertiary/aromatic N) is 8. The van der Waals surface area contributed by atoms with Crippen LogP contribution in [0.1, 0.15) is 45.1 Å². The topological polar surface area (TPSA) is 230 Å². The van der Waals surface area contributed by atoms with Crippen molar-refractivity contribution in [3.05, 3.63) is 125 Å². The Morgan fingerprint density at radius 2 is 1.37 bits per heavy atom. The molecule has 0 spiro atoms. The second-order valence-electron chi connectivity index (χ2n) is 12.1. The van der Waals surface area contributed by atoms with Crippen molar-refractivity contribution < 1.29 is 37.5 Å². The van der Waals surface area contributed by atoms with Crippen LogP contribution in [0.5, 0.6) is 5.75 Å². The Morgan fingerprint density at radius 1 is 0.778 bits per heavy atom. The summed E-state index contributed by atoms with van der Waals surface area (Å²) >= 11 is 0. The van der Waals surface area contributed by atoms with Crippen LogP contribution in [0.3, 0.4) is 0 Å². The molecule has 0 aliphatic rings. The molecule has 4 aromatic carbocycles. The number of likely N-dealkylation sites (N-methyl/N-ethyl adjacent to an activating group) is 1. The number of carbonyl (C=O) groups is 2. The second-order valence-corrected chi connectivity index (χ2v) is 13.6. The predicted molar refractivity (Wildman–Crippen MR) is 199 cm³/mol. The van der Waals surface area contributed by atoms with Crippen LogP contribution in [0, 0.1) is 6.92 Å². The summed E-state index contributed by atoms with van der Waals surface area (Å²) in [4.78, 5) is 38.0. The Labute approximate surface area is 310 Å². The zero-order chi connectivity index (χ0) is 38.7. The van der Waals surface area contributed by atoms with E-state index in [2.05, 4.69) is 30.4 Å². The zero-order valence-corrected chi connectivity index (χ0v) is 30.1. The lowest BCUT2D eigenvalue weighted by atomic mass is 10.1. The highest BCUT2D eigenvalue weighted by Crippen LogP contribution is 2.32. The lowest BCUT2D eigenvalue weighted by molar-refractivity contribution is -0.135. The van der Waals surface area contributed by atoms with Crippen LogP contribution in [-0.4, -0.2) is 76.0 Å². The van der Waals surface area contributed by atoms with Gasteiger partial charge in [-0.1, -0.05) is 30.3 Å². The Balaban J connectivity index is 1.44. The van der Waals surface area contributed by atoms with Gasteiger partial charge in [0.25, 0.3) is 10.1 Å². The number of anilines is 1. The molecule has 54 heavy (non-hydrogen) atoms. The second kappa shape index (κ2) is 17.8. The molecule has 5 rings (SSSR count). The van der Waals surface area contributed by atoms with Gasteiger partial charge in [-0.15, -0.1) is 0 Å². The van der Waals surface area contributed by atoms with Crippen LogP contribution in [-0.2, 0) is 27.8 Å². The van der Waals surface area contributed by atoms with Crippen LogP contribution < -0.4 is 9.64 Å². The number of aliphatic carboxylic acids is 1. The summed E-state index contributed by atoms with van der Waals surface area (Å²) in [6.45, 7) is 1.39. The molecule has 0 aliphatic carbocycles. The number of aromatic nitrogens is 3. The number of aryl methyl sites for hydroxylation is 1. The van der Waals surface area contributed by atoms with Gasteiger partial charge in [-0.05, 0) is 79.1 Å². The first-order valence-corrected chi connectivity index (χ1v) is 18.1. The molecule has 0 atom stereocenters.